The molecule has 0 spiro atoms. The lowest BCUT2D eigenvalue weighted by Crippen LogP contribution is -1.99. The van der Waals surface area contributed by atoms with Gasteiger partial charge in [-0.3, -0.25) is 15.1 Å². The lowest BCUT2D eigenvalue weighted by atomic mass is 10.2. The second-order valence-corrected chi connectivity index (χ2v) is 5.72. The van der Waals surface area contributed by atoms with Gasteiger partial charge in [0.05, 0.1) is 29.5 Å². The smallest absolute Gasteiger partial charge is 0.337 e. The molecule has 9 heteroatoms. The highest BCUT2D eigenvalue weighted by Gasteiger charge is 2.09. The van der Waals surface area contributed by atoms with Gasteiger partial charge in [0, 0.05) is 18.2 Å². The zero-order valence-electron chi connectivity index (χ0n) is 15.2. The molecule has 0 radical (unpaired) electrons. The van der Waals surface area contributed by atoms with Gasteiger partial charge in [0.25, 0.3) is 5.69 Å². The summed E-state index contributed by atoms with van der Waals surface area (Å²) in [6.45, 7) is 0. The van der Waals surface area contributed by atoms with Gasteiger partial charge in [0.15, 0.2) is 5.69 Å². The summed E-state index contributed by atoms with van der Waals surface area (Å²) in [7, 11) is 1.30. The molecule has 0 saturated carbocycles. The number of carbonyl (C=O) groups excluding carboxylic acids is 1. The van der Waals surface area contributed by atoms with Crippen molar-refractivity contribution in [2.45, 2.75) is 0 Å². The number of aromatic nitrogens is 1. The molecule has 0 amide bonds. The molecule has 3 aromatic rings. The monoisotopic (exact) mass is 393 g/mol. The van der Waals surface area contributed by atoms with Gasteiger partial charge in [-0.2, -0.15) is 0 Å². The Labute approximate surface area is 164 Å². The topological polar surface area (TPSA) is 128 Å². The number of hydrogen-bond donors (Lipinski definition) is 1. The summed E-state index contributed by atoms with van der Waals surface area (Å²) in [5, 5.41) is 20.7. The number of nitro benzene ring substituents is 1. The third-order valence-corrected chi connectivity index (χ3v) is 3.77. The molecule has 146 valence electrons. The van der Waals surface area contributed by atoms with E-state index in [1.54, 1.807) is 42.5 Å². The number of methoxy groups -OCH3 is 1. The van der Waals surface area contributed by atoms with Gasteiger partial charge in [0.1, 0.15) is 0 Å². The van der Waals surface area contributed by atoms with Crippen LogP contribution in [0.15, 0.2) is 57.9 Å². The minimum absolute atomic E-state index is 0.0339. The molecule has 29 heavy (non-hydrogen) atoms. The Morgan fingerprint density at radius 1 is 1.24 bits per heavy atom. The highest BCUT2D eigenvalue weighted by atomic mass is 16.6. The van der Waals surface area contributed by atoms with Gasteiger partial charge in [-0.15, -0.1) is 0 Å². The summed E-state index contributed by atoms with van der Waals surface area (Å²) in [6.07, 6.45) is 4.36. The molecule has 1 heterocycles. The van der Waals surface area contributed by atoms with E-state index in [0.29, 0.717) is 16.8 Å². The first-order chi connectivity index (χ1) is 14.0. The normalized spacial score (nSPS) is 11.2. The van der Waals surface area contributed by atoms with E-state index >= 15 is 0 Å². The van der Waals surface area contributed by atoms with E-state index in [4.69, 9.17) is 4.42 Å². The standard InChI is InChI=1S/C20H15N3O6/c1-28-19(24)14-6-8-15(9-7-14)21-12-17-20(25)29-18(22-17)10-5-13-3-2-4-16(11-13)23(26)27/h2-12,25H,1H3. The van der Waals surface area contributed by atoms with Crippen molar-refractivity contribution in [3.8, 4) is 5.95 Å². The van der Waals surface area contributed by atoms with E-state index in [1.165, 1.54) is 31.5 Å². The van der Waals surface area contributed by atoms with Crippen molar-refractivity contribution >= 4 is 35.7 Å². The Morgan fingerprint density at radius 2 is 2.00 bits per heavy atom. The number of nitro groups is 1. The number of esters is 1. The Bertz CT molecular complexity index is 1100. The van der Waals surface area contributed by atoms with Crippen LogP contribution in [0.25, 0.3) is 12.2 Å². The Balaban J connectivity index is 1.73. The molecule has 0 aliphatic rings. The van der Waals surface area contributed by atoms with Crippen molar-refractivity contribution in [1.82, 2.24) is 4.98 Å². The molecule has 9 nitrogen and oxygen atoms in total. The Morgan fingerprint density at radius 3 is 2.69 bits per heavy atom. The van der Waals surface area contributed by atoms with Crippen molar-refractivity contribution in [3.05, 3.63) is 81.4 Å². The highest BCUT2D eigenvalue weighted by molar-refractivity contribution is 5.90. The van der Waals surface area contributed by atoms with E-state index in [1.807, 2.05) is 0 Å². The largest absolute Gasteiger partial charge is 0.479 e. The van der Waals surface area contributed by atoms with Crippen LogP contribution in [0.5, 0.6) is 5.95 Å². The number of aromatic hydroxyl groups is 1. The molecule has 0 unspecified atom stereocenters. The average Bonchev–Trinajstić information content (AvgIpc) is 3.10. The molecule has 0 atom stereocenters. The lowest BCUT2D eigenvalue weighted by molar-refractivity contribution is -0.384. The van der Waals surface area contributed by atoms with Gasteiger partial charge < -0.3 is 14.3 Å². The average molecular weight is 393 g/mol. The predicted molar refractivity (Wildman–Crippen MR) is 105 cm³/mol. The number of non-ortho nitro benzene ring substituents is 1. The molecular formula is C20H15N3O6. The van der Waals surface area contributed by atoms with Gasteiger partial charge in [-0.25, -0.2) is 9.78 Å². The van der Waals surface area contributed by atoms with Gasteiger partial charge in [-0.1, -0.05) is 12.1 Å². The van der Waals surface area contributed by atoms with Crippen LogP contribution in [0.3, 0.4) is 0 Å². The summed E-state index contributed by atoms with van der Waals surface area (Å²) in [5.41, 5.74) is 1.59. The SMILES string of the molecule is COC(=O)c1ccc(N=Cc2nc(C=Cc3cccc([N+](=O)[O-])c3)oc2O)cc1. The van der Waals surface area contributed by atoms with E-state index in [-0.39, 0.29) is 17.3 Å². The minimum atomic E-state index is -0.486. The first-order valence-corrected chi connectivity index (χ1v) is 8.31. The van der Waals surface area contributed by atoms with Gasteiger partial charge in [0.2, 0.25) is 5.89 Å². The van der Waals surface area contributed by atoms with E-state index in [0.717, 1.165) is 0 Å². The summed E-state index contributed by atoms with van der Waals surface area (Å²) in [4.78, 5) is 30.0. The number of rotatable bonds is 6. The highest BCUT2D eigenvalue weighted by Crippen LogP contribution is 2.21. The maximum atomic E-state index is 11.4. The molecule has 0 saturated heterocycles. The van der Waals surface area contributed by atoms with E-state index in [9.17, 15) is 20.0 Å². The number of nitrogens with zero attached hydrogens (tertiary/aromatic N) is 3. The third-order valence-electron chi connectivity index (χ3n) is 3.77. The zero-order chi connectivity index (χ0) is 20.8. The van der Waals surface area contributed by atoms with Crippen LogP contribution in [-0.4, -0.2) is 34.3 Å². The summed E-state index contributed by atoms with van der Waals surface area (Å²) < 4.78 is 9.76. The number of carbonyl (C=O) groups is 1. The van der Waals surface area contributed by atoms with Crippen LogP contribution < -0.4 is 0 Å². The van der Waals surface area contributed by atoms with Crippen LogP contribution in [0.4, 0.5) is 11.4 Å². The van der Waals surface area contributed by atoms with Gasteiger partial charge >= 0.3 is 11.9 Å². The summed E-state index contributed by atoms with van der Waals surface area (Å²) in [6, 6.07) is 12.4. The van der Waals surface area contributed by atoms with Crippen LogP contribution >= 0.6 is 0 Å². The van der Waals surface area contributed by atoms with Crippen LogP contribution in [0, 0.1) is 10.1 Å². The second-order valence-electron chi connectivity index (χ2n) is 5.72. The van der Waals surface area contributed by atoms with Crippen molar-refractivity contribution in [3.63, 3.8) is 0 Å². The first kappa shape index (κ1) is 19.5. The van der Waals surface area contributed by atoms with Gasteiger partial charge in [-0.05, 0) is 35.9 Å². The number of ether oxygens (including phenoxy) is 1. The van der Waals surface area contributed by atoms with Crippen molar-refractivity contribution < 1.29 is 24.0 Å². The van der Waals surface area contributed by atoms with Crippen LogP contribution in [0.2, 0.25) is 0 Å². The lowest BCUT2D eigenvalue weighted by Gasteiger charge is -1.98. The Kier molecular flexibility index (Phi) is 5.79. The molecule has 0 aliphatic carbocycles. The van der Waals surface area contributed by atoms with Crippen LogP contribution in [0.1, 0.15) is 27.5 Å². The fourth-order valence-electron chi connectivity index (χ4n) is 2.34. The molecule has 1 N–H and O–H groups in total. The second kappa shape index (κ2) is 8.61. The van der Waals surface area contributed by atoms with Crippen molar-refractivity contribution in [1.29, 1.82) is 0 Å². The number of oxazole rings is 1. The number of hydrogen-bond acceptors (Lipinski definition) is 8. The first-order valence-electron chi connectivity index (χ1n) is 8.31. The molecule has 3 rings (SSSR count). The van der Waals surface area contributed by atoms with E-state index < -0.39 is 16.8 Å². The Hall–Kier alpha value is -4.27. The quantitative estimate of drug-likeness (QED) is 0.290. The molecule has 0 fully saturated rings. The van der Waals surface area contributed by atoms with Crippen molar-refractivity contribution in [2.75, 3.05) is 7.11 Å². The minimum Gasteiger partial charge on any atom is -0.479 e. The maximum Gasteiger partial charge on any atom is 0.337 e. The third kappa shape index (κ3) is 4.92. The fraction of sp³-hybridized carbons (Fsp3) is 0.0500. The zero-order valence-corrected chi connectivity index (χ0v) is 15.2. The summed E-state index contributed by atoms with van der Waals surface area (Å²) in [5.74, 6) is -0.759. The number of benzene rings is 2. The van der Waals surface area contributed by atoms with Crippen molar-refractivity contribution in [2.24, 2.45) is 4.99 Å². The predicted octanol–water partition coefficient (Wildman–Crippen LogP) is 4.00. The maximum absolute atomic E-state index is 11.4. The molecule has 2 aromatic carbocycles. The molecule has 0 aliphatic heterocycles. The molecular weight excluding hydrogens is 378 g/mol. The molecule has 0 bridgehead atoms. The van der Waals surface area contributed by atoms with Crippen LogP contribution in [-0.2, 0) is 4.74 Å². The van der Waals surface area contributed by atoms with E-state index in [2.05, 4.69) is 14.7 Å². The molecule has 1 aromatic heterocycles. The fourth-order valence-corrected chi connectivity index (χ4v) is 2.34. The summed E-state index contributed by atoms with van der Waals surface area (Å²) >= 11 is 0. The number of aliphatic imine (C=N–C) groups is 1.